The van der Waals surface area contributed by atoms with Crippen LogP contribution in [-0.4, -0.2) is 44.9 Å². The number of rotatable bonds is 4. The van der Waals surface area contributed by atoms with Gasteiger partial charge in [-0.1, -0.05) is 0 Å². The molecule has 2 rings (SSSR count). The van der Waals surface area contributed by atoms with Crippen LogP contribution in [0.15, 0.2) is 12.1 Å². The summed E-state index contributed by atoms with van der Waals surface area (Å²) in [5.41, 5.74) is -2.72. The molecule has 1 fully saturated rings. The van der Waals surface area contributed by atoms with Crippen LogP contribution in [-0.2, 0) is 9.53 Å². The molecule has 4 nitrogen and oxygen atoms in total. The summed E-state index contributed by atoms with van der Waals surface area (Å²) in [6.07, 6.45) is -5.07. The Morgan fingerprint density at radius 1 is 1.30 bits per heavy atom. The zero-order valence-corrected chi connectivity index (χ0v) is 12.3. The molecule has 0 radical (unpaired) electrons. The molecular formula is C14H14F5NO3. The predicted octanol–water partition coefficient (Wildman–Crippen LogP) is 2.70. The number of hydrogen-bond acceptors (Lipinski definition) is 4. The summed E-state index contributed by atoms with van der Waals surface area (Å²) in [6.45, 7) is -0.738. The lowest BCUT2D eigenvalue weighted by Gasteiger charge is -2.30. The van der Waals surface area contributed by atoms with Gasteiger partial charge in [0.1, 0.15) is 6.29 Å². The van der Waals surface area contributed by atoms with Crippen LogP contribution in [0.1, 0.15) is 6.42 Å². The predicted molar refractivity (Wildman–Crippen MR) is 70.5 cm³/mol. The van der Waals surface area contributed by atoms with E-state index in [9.17, 15) is 26.7 Å². The van der Waals surface area contributed by atoms with Crippen molar-refractivity contribution in [1.29, 1.82) is 0 Å². The first-order valence-corrected chi connectivity index (χ1v) is 6.56. The Balaban J connectivity index is 2.52. The van der Waals surface area contributed by atoms with E-state index in [2.05, 4.69) is 4.74 Å². The van der Waals surface area contributed by atoms with Gasteiger partial charge in [0.15, 0.2) is 17.2 Å². The first kappa shape index (κ1) is 17.5. The number of carbonyl (C=O) groups is 1. The molecule has 0 saturated carbocycles. The van der Waals surface area contributed by atoms with Crippen molar-refractivity contribution in [3.8, 4) is 5.75 Å². The van der Waals surface area contributed by atoms with Crippen molar-refractivity contribution in [1.82, 2.24) is 0 Å². The van der Waals surface area contributed by atoms with Gasteiger partial charge in [-0.15, -0.1) is 0 Å². The van der Waals surface area contributed by atoms with Gasteiger partial charge in [0, 0.05) is 13.5 Å². The molecule has 1 saturated heterocycles. The smallest absolute Gasteiger partial charge is 0.419 e. The number of ether oxygens (including phenoxy) is 2. The number of aldehydes is 1. The zero-order valence-electron chi connectivity index (χ0n) is 12.3. The summed E-state index contributed by atoms with van der Waals surface area (Å²) < 4.78 is 76.4. The summed E-state index contributed by atoms with van der Waals surface area (Å²) in [5.74, 6) is -3.11. The third kappa shape index (κ3) is 2.73. The highest BCUT2D eigenvalue weighted by Gasteiger charge is 2.62. The van der Waals surface area contributed by atoms with Crippen molar-refractivity contribution in [3.63, 3.8) is 0 Å². The highest BCUT2D eigenvalue weighted by atomic mass is 19.4. The molecule has 9 heteroatoms. The SMILES string of the molecule is COc1c(N2C[C@](OC)(C(F)(F)F)C[C@@H]2C=O)ccc(F)c1F. The molecule has 0 aromatic heterocycles. The average molecular weight is 339 g/mol. The van der Waals surface area contributed by atoms with E-state index in [1.54, 1.807) is 0 Å². The molecule has 0 spiro atoms. The molecule has 128 valence electrons. The maximum Gasteiger partial charge on any atom is 0.419 e. The van der Waals surface area contributed by atoms with Crippen LogP contribution in [0.25, 0.3) is 0 Å². The van der Waals surface area contributed by atoms with Crippen LogP contribution in [0.4, 0.5) is 27.6 Å². The Kier molecular flexibility index (Phi) is 4.52. The fourth-order valence-corrected chi connectivity index (χ4v) is 2.70. The van der Waals surface area contributed by atoms with E-state index in [0.717, 1.165) is 31.3 Å². The monoisotopic (exact) mass is 339 g/mol. The van der Waals surface area contributed by atoms with Crippen molar-refractivity contribution in [2.45, 2.75) is 24.2 Å². The molecule has 0 unspecified atom stereocenters. The lowest BCUT2D eigenvalue weighted by atomic mass is 10.00. The van der Waals surface area contributed by atoms with E-state index < -0.39 is 48.2 Å². The molecule has 1 aliphatic heterocycles. The fraction of sp³-hybridized carbons (Fsp3) is 0.500. The van der Waals surface area contributed by atoms with Gasteiger partial charge in [-0.2, -0.15) is 17.6 Å². The molecule has 1 heterocycles. The minimum atomic E-state index is -4.73. The standard InChI is InChI=1S/C14H14F5NO3/c1-22-12-10(4-3-9(15)11(12)16)20-7-13(23-2,14(17,18)19)5-8(20)6-21/h3-4,6,8H,5,7H2,1-2H3/t8-,13+/m1/s1. The highest BCUT2D eigenvalue weighted by molar-refractivity contribution is 5.72. The number of carbonyl (C=O) groups excluding carboxylic acids is 1. The van der Waals surface area contributed by atoms with Gasteiger partial charge in [-0.25, -0.2) is 4.39 Å². The number of halogens is 5. The largest absolute Gasteiger partial charge is 0.491 e. The van der Waals surface area contributed by atoms with Crippen LogP contribution >= 0.6 is 0 Å². The van der Waals surface area contributed by atoms with Crippen LogP contribution < -0.4 is 9.64 Å². The summed E-state index contributed by atoms with van der Waals surface area (Å²) in [4.78, 5) is 12.2. The van der Waals surface area contributed by atoms with Gasteiger partial charge in [-0.05, 0) is 12.1 Å². The third-order valence-electron chi connectivity index (χ3n) is 3.97. The van der Waals surface area contributed by atoms with Gasteiger partial charge in [0.2, 0.25) is 5.82 Å². The van der Waals surface area contributed by atoms with Crippen LogP contribution in [0.3, 0.4) is 0 Å². The molecule has 0 bridgehead atoms. The molecule has 0 N–H and O–H groups in total. The molecule has 23 heavy (non-hydrogen) atoms. The van der Waals surface area contributed by atoms with Crippen LogP contribution in [0.2, 0.25) is 0 Å². The number of anilines is 1. The van der Waals surface area contributed by atoms with Crippen molar-refractivity contribution in [2.24, 2.45) is 0 Å². The van der Waals surface area contributed by atoms with Gasteiger partial charge < -0.3 is 19.2 Å². The Morgan fingerprint density at radius 3 is 2.43 bits per heavy atom. The summed E-state index contributed by atoms with van der Waals surface area (Å²) >= 11 is 0. The van der Waals surface area contributed by atoms with Crippen LogP contribution in [0.5, 0.6) is 5.75 Å². The topological polar surface area (TPSA) is 38.8 Å². The quantitative estimate of drug-likeness (QED) is 0.625. The first-order valence-electron chi connectivity index (χ1n) is 6.56. The van der Waals surface area contributed by atoms with Gasteiger partial charge >= 0.3 is 6.18 Å². The van der Waals surface area contributed by atoms with E-state index >= 15 is 0 Å². The molecule has 1 aliphatic rings. The van der Waals surface area contributed by atoms with Crippen molar-refractivity contribution >= 4 is 12.0 Å². The Bertz CT molecular complexity index is 607. The lowest BCUT2D eigenvalue weighted by Crippen LogP contribution is -2.49. The number of alkyl halides is 3. The minimum Gasteiger partial charge on any atom is -0.491 e. The van der Waals surface area contributed by atoms with Gasteiger partial charge in [0.25, 0.3) is 0 Å². The summed E-state index contributed by atoms with van der Waals surface area (Å²) in [7, 11) is 1.95. The summed E-state index contributed by atoms with van der Waals surface area (Å²) in [6, 6.07) is 0.612. The van der Waals surface area contributed by atoms with Gasteiger partial charge in [0.05, 0.1) is 25.4 Å². The Morgan fingerprint density at radius 2 is 1.96 bits per heavy atom. The van der Waals surface area contributed by atoms with Crippen molar-refractivity contribution in [3.05, 3.63) is 23.8 Å². The summed E-state index contributed by atoms with van der Waals surface area (Å²) in [5, 5.41) is 0. The maximum absolute atomic E-state index is 13.8. The molecule has 0 amide bonds. The van der Waals surface area contributed by atoms with E-state index in [4.69, 9.17) is 4.74 Å². The second-order valence-electron chi connectivity index (χ2n) is 5.15. The van der Waals surface area contributed by atoms with E-state index in [1.165, 1.54) is 0 Å². The number of methoxy groups -OCH3 is 2. The zero-order chi connectivity index (χ0) is 17.4. The molecular weight excluding hydrogens is 325 g/mol. The highest BCUT2D eigenvalue weighted by Crippen LogP contribution is 2.46. The van der Waals surface area contributed by atoms with Crippen molar-refractivity contribution < 1.29 is 36.2 Å². The number of benzene rings is 1. The normalized spacial score (nSPS) is 24.8. The third-order valence-corrected chi connectivity index (χ3v) is 3.97. The van der Waals surface area contributed by atoms with Crippen molar-refractivity contribution in [2.75, 3.05) is 25.7 Å². The maximum atomic E-state index is 13.8. The van der Waals surface area contributed by atoms with E-state index in [1.807, 2.05) is 0 Å². The Hall–Kier alpha value is -1.90. The molecule has 2 atom stereocenters. The molecule has 1 aromatic carbocycles. The fourth-order valence-electron chi connectivity index (χ4n) is 2.70. The minimum absolute atomic E-state index is 0.147. The van der Waals surface area contributed by atoms with E-state index in [-0.39, 0.29) is 5.69 Å². The second-order valence-corrected chi connectivity index (χ2v) is 5.15. The first-order chi connectivity index (χ1) is 10.7. The lowest BCUT2D eigenvalue weighted by molar-refractivity contribution is -0.261. The number of hydrogen-bond donors (Lipinski definition) is 0. The average Bonchev–Trinajstić information content (AvgIpc) is 2.89. The molecule has 0 aliphatic carbocycles. The molecule has 1 aromatic rings. The number of nitrogens with zero attached hydrogens (tertiary/aromatic N) is 1. The Labute approximate surface area is 128 Å². The van der Waals surface area contributed by atoms with Gasteiger partial charge in [-0.3, -0.25) is 0 Å². The van der Waals surface area contributed by atoms with E-state index in [0.29, 0.717) is 6.29 Å². The van der Waals surface area contributed by atoms with Crippen LogP contribution in [0, 0.1) is 11.6 Å². The second kappa shape index (κ2) is 5.95.